The number of carbonyl (C=O) groups is 1. The number of carbonyl (C=O) groups excluding carboxylic acids is 1. The van der Waals surface area contributed by atoms with E-state index in [1.165, 1.54) is 0 Å². The topological polar surface area (TPSA) is 84.4 Å². The van der Waals surface area contributed by atoms with E-state index in [9.17, 15) is 4.79 Å². The Balaban J connectivity index is 1.24. The van der Waals surface area contributed by atoms with Crippen molar-refractivity contribution in [3.63, 3.8) is 0 Å². The molecule has 0 atom stereocenters. The average molecular weight is 372 g/mol. The van der Waals surface area contributed by atoms with Crippen LogP contribution in [0.15, 0.2) is 44.8 Å². The maximum absolute atomic E-state index is 12.3. The Morgan fingerprint density at radius 3 is 2.92 bits per heavy atom. The van der Waals surface area contributed by atoms with E-state index in [1.54, 1.807) is 17.6 Å². The molecule has 3 aromatic heterocycles. The average Bonchev–Trinajstić information content (AvgIpc) is 3.41. The second-order valence-electron chi connectivity index (χ2n) is 6.34. The Labute approximate surface area is 155 Å². The highest BCUT2D eigenvalue weighted by molar-refractivity contribution is 7.13. The van der Waals surface area contributed by atoms with Crippen molar-refractivity contribution in [1.82, 2.24) is 20.4 Å². The molecular weight excluding hydrogens is 352 g/mol. The minimum atomic E-state index is 0.0468. The fraction of sp³-hybridized carbons (Fsp3) is 0.389. The van der Waals surface area contributed by atoms with Crippen LogP contribution in [0.2, 0.25) is 0 Å². The predicted octanol–water partition coefficient (Wildman–Crippen LogP) is 2.92. The summed E-state index contributed by atoms with van der Waals surface area (Å²) in [5.74, 6) is 2.18. The van der Waals surface area contributed by atoms with Crippen molar-refractivity contribution in [2.45, 2.75) is 25.9 Å². The minimum absolute atomic E-state index is 0.0468. The summed E-state index contributed by atoms with van der Waals surface area (Å²) in [6.07, 6.45) is 3.27. The third kappa shape index (κ3) is 4.03. The standard InChI is InChI=1S/C18H20N4O3S/c23-18(19-11-14-3-1-9-24-14)13-5-7-22(8-6-13)12-16-20-17(21-25-16)15-4-2-10-26-15/h1-4,9-10,13H,5-8,11-12H2,(H,19,23). The number of aromatic nitrogens is 2. The van der Waals surface area contributed by atoms with Crippen LogP contribution in [0.5, 0.6) is 0 Å². The van der Waals surface area contributed by atoms with E-state index in [0.29, 0.717) is 24.8 Å². The monoisotopic (exact) mass is 372 g/mol. The van der Waals surface area contributed by atoms with Crippen molar-refractivity contribution in [2.24, 2.45) is 5.92 Å². The molecule has 1 N–H and O–H groups in total. The van der Waals surface area contributed by atoms with Gasteiger partial charge in [-0.05, 0) is 49.5 Å². The summed E-state index contributed by atoms with van der Waals surface area (Å²) in [5.41, 5.74) is 0. The van der Waals surface area contributed by atoms with Crippen LogP contribution in [0.25, 0.3) is 10.7 Å². The van der Waals surface area contributed by atoms with Gasteiger partial charge in [-0.2, -0.15) is 4.98 Å². The molecule has 1 saturated heterocycles. The van der Waals surface area contributed by atoms with Gasteiger partial charge < -0.3 is 14.3 Å². The number of hydrogen-bond donors (Lipinski definition) is 1. The number of nitrogens with one attached hydrogen (secondary N) is 1. The molecule has 0 aromatic carbocycles. The van der Waals surface area contributed by atoms with Gasteiger partial charge in [0, 0.05) is 5.92 Å². The number of hydrogen-bond acceptors (Lipinski definition) is 7. The molecule has 26 heavy (non-hydrogen) atoms. The van der Waals surface area contributed by atoms with E-state index in [2.05, 4.69) is 20.4 Å². The van der Waals surface area contributed by atoms with E-state index in [0.717, 1.165) is 36.6 Å². The van der Waals surface area contributed by atoms with Gasteiger partial charge in [0.2, 0.25) is 17.6 Å². The molecule has 4 heterocycles. The quantitative estimate of drug-likeness (QED) is 0.716. The molecule has 0 saturated carbocycles. The van der Waals surface area contributed by atoms with Gasteiger partial charge in [0.05, 0.1) is 24.2 Å². The van der Waals surface area contributed by atoms with Crippen molar-refractivity contribution >= 4 is 17.2 Å². The lowest BCUT2D eigenvalue weighted by atomic mass is 9.96. The van der Waals surface area contributed by atoms with Gasteiger partial charge in [0.25, 0.3) is 0 Å². The van der Waals surface area contributed by atoms with Gasteiger partial charge in [0.1, 0.15) is 5.76 Å². The molecule has 1 amide bonds. The van der Waals surface area contributed by atoms with E-state index >= 15 is 0 Å². The normalized spacial score (nSPS) is 16.0. The van der Waals surface area contributed by atoms with Gasteiger partial charge in [0.15, 0.2) is 0 Å². The summed E-state index contributed by atoms with van der Waals surface area (Å²) in [4.78, 5) is 20.0. The number of likely N-dealkylation sites (tertiary alicyclic amines) is 1. The summed E-state index contributed by atoms with van der Waals surface area (Å²) < 4.78 is 10.6. The predicted molar refractivity (Wildman–Crippen MR) is 96.2 cm³/mol. The van der Waals surface area contributed by atoms with Gasteiger partial charge in [-0.1, -0.05) is 11.2 Å². The number of rotatable bonds is 6. The number of nitrogens with zero attached hydrogens (tertiary/aromatic N) is 3. The van der Waals surface area contributed by atoms with Crippen molar-refractivity contribution < 1.29 is 13.7 Å². The highest BCUT2D eigenvalue weighted by Crippen LogP contribution is 2.23. The van der Waals surface area contributed by atoms with Crippen LogP contribution in [0.4, 0.5) is 0 Å². The lowest BCUT2D eigenvalue weighted by Gasteiger charge is -2.30. The smallest absolute Gasteiger partial charge is 0.241 e. The lowest BCUT2D eigenvalue weighted by Crippen LogP contribution is -2.40. The zero-order valence-corrected chi connectivity index (χ0v) is 15.1. The van der Waals surface area contributed by atoms with Gasteiger partial charge in [-0.15, -0.1) is 11.3 Å². The van der Waals surface area contributed by atoms with E-state index in [4.69, 9.17) is 8.94 Å². The first-order valence-corrected chi connectivity index (χ1v) is 9.55. The van der Waals surface area contributed by atoms with Crippen molar-refractivity contribution in [3.8, 4) is 10.7 Å². The number of furan rings is 1. The Kier molecular flexibility index (Phi) is 5.12. The number of thiophene rings is 1. The molecule has 0 bridgehead atoms. The van der Waals surface area contributed by atoms with Crippen LogP contribution in [0, 0.1) is 5.92 Å². The van der Waals surface area contributed by atoms with E-state index in [1.807, 2.05) is 29.6 Å². The first-order chi connectivity index (χ1) is 12.8. The first kappa shape index (κ1) is 17.0. The van der Waals surface area contributed by atoms with Gasteiger partial charge >= 0.3 is 0 Å². The highest BCUT2D eigenvalue weighted by atomic mass is 32.1. The molecule has 0 unspecified atom stereocenters. The Morgan fingerprint density at radius 2 is 2.19 bits per heavy atom. The molecule has 1 aliphatic rings. The zero-order valence-electron chi connectivity index (χ0n) is 14.3. The van der Waals surface area contributed by atoms with Crippen LogP contribution >= 0.6 is 11.3 Å². The highest BCUT2D eigenvalue weighted by Gasteiger charge is 2.26. The van der Waals surface area contributed by atoms with E-state index < -0.39 is 0 Å². The molecule has 0 radical (unpaired) electrons. The molecule has 7 nitrogen and oxygen atoms in total. The largest absolute Gasteiger partial charge is 0.467 e. The summed E-state index contributed by atoms with van der Waals surface area (Å²) in [7, 11) is 0. The minimum Gasteiger partial charge on any atom is -0.467 e. The Morgan fingerprint density at radius 1 is 1.31 bits per heavy atom. The molecule has 4 rings (SSSR count). The maximum Gasteiger partial charge on any atom is 0.241 e. The Hall–Kier alpha value is -2.45. The second-order valence-corrected chi connectivity index (χ2v) is 7.28. The second kappa shape index (κ2) is 7.84. The van der Waals surface area contributed by atoms with Crippen LogP contribution in [0.1, 0.15) is 24.5 Å². The van der Waals surface area contributed by atoms with Crippen molar-refractivity contribution in [3.05, 3.63) is 47.6 Å². The molecular formula is C18H20N4O3S. The van der Waals surface area contributed by atoms with Gasteiger partial charge in [-0.3, -0.25) is 9.69 Å². The number of amides is 1. The van der Waals surface area contributed by atoms with Crippen LogP contribution < -0.4 is 5.32 Å². The van der Waals surface area contributed by atoms with Crippen LogP contribution in [-0.2, 0) is 17.9 Å². The third-order valence-corrected chi connectivity index (χ3v) is 5.41. The summed E-state index contributed by atoms with van der Waals surface area (Å²) in [5, 5.41) is 8.98. The fourth-order valence-electron chi connectivity index (χ4n) is 3.10. The number of piperidine rings is 1. The zero-order chi connectivity index (χ0) is 17.8. The summed E-state index contributed by atoms with van der Waals surface area (Å²) in [6.45, 7) is 2.75. The maximum atomic E-state index is 12.3. The Bertz CT molecular complexity index is 821. The lowest BCUT2D eigenvalue weighted by molar-refractivity contribution is -0.126. The molecule has 1 aliphatic heterocycles. The van der Waals surface area contributed by atoms with Crippen molar-refractivity contribution in [2.75, 3.05) is 13.1 Å². The van der Waals surface area contributed by atoms with Gasteiger partial charge in [-0.25, -0.2) is 0 Å². The third-order valence-electron chi connectivity index (χ3n) is 4.54. The first-order valence-electron chi connectivity index (χ1n) is 8.67. The molecule has 136 valence electrons. The van der Waals surface area contributed by atoms with Crippen LogP contribution in [-0.4, -0.2) is 34.0 Å². The summed E-state index contributed by atoms with van der Waals surface area (Å²) in [6, 6.07) is 7.63. The SMILES string of the molecule is O=C(NCc1ccco1)C1CCN(Cc2nc(-c3cccs3)no2)CC1. The molecule has 0 spiro atoms. The van der Waals surface area contributed by atoms with E-state index in [-0.39, 0.29) is 11.8 Å². The van der Waals surface area contributed by atoms with Crippen molar-refractivity contribution in [1.29, 1.82) is 0 Å². The summed E-state index contributed by atoms with van der Waals surface area (Å²) >= 11 is 1.59. The molecule has 8 heteroatoms. The molecule has 3 aromatic rings. The fourth-order valence-corrected chi connectivity index (χ4v) is 3.75. The molecule has 0 aliphatic carbocycles. The van der Waals surface area contributed by atoms with Crippen LogP contribution in [0.3, 0.4) is 0 Å². The molecule has 1 fully saturated rings.